The van der Waals surface area contributed by atoms with Gasteiger partial charge in [0.05, 0.1) is 0 Å². The molecule has 1 unspecified atom stereocenters. The predicted octanol–water partition coefficient (Wildman–Crippen LogP) is 4.47. The molecule has 1 aliphatic carbocycles. The van der Waals surface area contributed by atoms with Crippen molar-refractivity contribution < 1.29 is 19.4 Å². The van der Waals surface area contributed by atoms with Crippen molar-refractivity contribution in [3.8, 4) is 11.1 Å². The molecule has 4 rings (SSSR count). The Bertz CT molecular complexity index is 1090. The van der Waals surface area contributed by atoms with Gasteiger partial charge < -0.3 is 15.6 Å². The molecule has 0 heterocycles. The highest BCUT2D eigenvalue weighted by atomic mass is 16.5. The zero-order chi connectivity index (χ0) is 22.5. The van der Waals surface area contributed by atoms with Crippen molar-refractivity contribution in [1.82, 2.24) is 0 Å². The van der Waals surface area contributed by atoms with Gasteiger partial charge in [0, 0.05) is 12.0 Å². The molecular weight excluding hydrogens is 402 g/mol. The van der Waals surface area contributed by atoms with Crippen LogP contribution in [-0.4, -0.2) is 29.7 Å². The Hall–Kier alpha value is -3.70. The van der Waals surface area contributed by atoms with E-state index in [0.29, 0.717) is 0 Å². The second-order valence-electron chi connectivity index (χ2n) is 7.89. The molecule has 0 aliphatic heterocycles. The summed E-state index contributed by atoms with van der Waals surface area (Å²) in [6.07, 6.45) is 3.89. The minimum atomic E-state index is -1.43. The largest absolute Gasteiger partial charge is 0.481 e. The average molecular weight is 428 g/mol. The Morgan fingerprint density at radius 2 is 1.47 bits per heavy atom. The molecule has 0 amide bonds. The van der Waals surface area contributed by atoms with Crippen LogP contribution in [0.2, 0.25) is 0 Å². The first kappa shape index (κ1) is 21.5. The van der Waals surface area contributed by atoms with E-state index in [1.54, 1.807) is 6.08 Å². The van der Waals surface area contributed by atoms with Gasteiger partial charge in [0.1, 0.15) is 6.61 Å². The second kappa shape index (κ2) is 9.62. The molecule has 3 aromatic rings. The topological polar surface area (TPSA) is 89.6 Å². The van der Waals surface area contributed by atoms with Gasteiger partial charge >= 0.3 is 11.9 Å². The number of ether oxygens (including phenoxy) is 1. The van der Waals surface area contributed by atoms with Gasteiger partial charge in [-0.1, -0.05) is 91.0 Å². The quantitative estimate of drug-likeness (QED) is 0.409. The third-order valence-electron chi connectivity index (χ3n) is 5.82. The van der Waals surface area contributed by atoms with E-state index in [4.69, 9.17) is 10.5 Å². The fourth-order valence-corrected chi connectivity index (χ4v) is 4.21. The van der Waals surface area contributed by atoms with Crippen molar-refractivity contribution in [2.75, 3.05) is 6.61 Å². The number of carbonyl (C=O) groups is 2. The summed E-state index contributed by atoms with van der Waals surface area (Å²) >= 11 is 0. The molecular formula is C27H25NO4. The molecule has 1 aliphatic rings. The number of hydrogen-bond acceptors (Lipinski definition) is 4. The first-order chi connectivity index (χ1) is 15.6. The van der Waals surface area contributed by atoms with Crippen LogP contribution in [0.3, 0.4) is 0 Å². The number of aliphatic carboxylic acids is 1. The van der Waals surface area contributed by atoms with Gasteiger partial charge in [-0.25, -0.2) is 0 Å². The minimum absolute atomic E-state index is 0.0726. The van der Waals surface area contributed by atoms with Crippen LogP contribution >= 0.6 is 0 Å². The molecule has 0 bridgehead atoms. The molecule has 0 aromatic heterocycles. The number of benzene rings is 3. The highest BCUT2D eigenvalue weighted by Gasteiger charge is 2.35. The summed E-state index contributed by atoms with van der Waals surface area (Å²) < 4.78 is 5.53. The number of carboxylic acids is 1. The van der Waals surface area contributed by atoms with E-state index >= 15 is 0 Å². The second-order valence-corrected chi connectivity index (χ2v) is 7.89. The van der Waals surface area contributed by atoms with Crippen LogP contribution in [0.25, 0.3) is 17.2 Å². The zero-order valence-corrected chi connectivity index (χ0v) is 17.6. The van der Waals surface area contributed by atoms with Crippen LogP contribution in [0, 0.1) is 5.92 Å². The maximum absolute atomic E-state index is 12.7. The molecule has 5 heteroatoms. The Morgan fingerprint density at radius 3 is 2.06 bits per heavy atom. The molecule has 5 nitrogen and oxygen atoms in total. The SMILES string of the molecule is NC(CC=Cc1ccccc1)[C@@H](C(=O)O)C(=O)OCC1c2ccccc2-c2ccccc21. The fraction of sp³-hybridized carbons (Fsp3) is 0.185. The Kier molecular flexibility index (Phi) is 6.47. The van der Waals surface area contributed by atoms with E-state index in [-0.39, 0.29) is 18.9 Å². The smallest absolute Gasteiger partial charge is 0.321 e. The van der Waals surface area contributed by atoms with Gasteiger partial charge in [0.2, 0.25) is 0 Å². The number of nitrogens with two attached hydrogens (primary N) is 1. The maximum atomic E-state index is 12.7. The van der Waals surface area contributed by atoms with Crippen LogP contribution in [-0.2, 0) is 14.3 Å². The first-order valence-electron chi connectivity index (χ1n) is 10.6. The van der Waals surface area contributed by atoms with Crippen LogP contribution in [0.1, 0.15) is 29.0 Å². The molecule has 3 aromatic carbocycles. The summed E-state index contributed by atoms with van der Waals surface area (Å²) in [6, 6.07) is 24.7. The highest BCUT2D eigenvalue weighted by Crippen LogP contribution is 2.44. The minimum Gasteiger partial charge on any atom is -0.481 e. The van der Waals surface area contributed by atoms with Crippen LogP contribution in [0.4, 0.5) is 0 Å². The van der Waals surface area contributed by atoms with Gasteiger partial charge in [0.15, 0.2) is 5.92 Å². The Labute approximate surface area is 187 Å². The summed E-state index contributed by atoms with van der Waals surface area (Å²) in [5.74, 6) is -3.64. The van der Waals surface area contributed by atoms with E-state index in [2.05, 4.69) is 0 Å². The highest BCUT2D eigenvalue weighted by molar-refractivity contribution is 5.95. The Morgan fingerprint density at radius 1 is 0.906 bits per heavy atom. The lowest BCUT2D eigenvalue weighted by Crippen LogP contribution is -2.41. The maximum Gasteiger partial charge on any atom is 0.321 e. The van der Waals surface area contributed by atoms with Crippen LogP contribution < -0.4 is 5.73 Å². The van der Waals surface area contributed by atoms with Gasteiger partial charge in [-0.05, 0) is 34.2 Å². The van der Waals surface area contributed by atoms with Crippen molar-refractivity contribution in [3.05, 3.63) is 102 Å². The van der Waals surface area contributed by atoms with E-state index in [1.165, 1.54) is 0 Å². The number of hydrogen-bond donors (Lipinski definition) is 2. The molecule has 0 spiro atoms. The molecule has 3 N–H and O–H groups in total. The standard InChI is InChI=1S/C27H25NO4/c28-24(16-8-11-18-9-2-1-3-10-18)25(26(29)30)27(31)32-17-23-21-14-6-4-12-19(21)20-13-5-7-15-22(20)23/h1-15,23-25H,16-17,28H2,(H,29,30)/t24?,25-/m0/s1. The van der Waals surface area contributed by atoms with Crippen molar-refractivity contribution in [1.29, 1.82) is 0 Å². The zero-order valence-electron chi connectivity index (χ0n) is 17.6. The molecule has 0 saturated heterocycles. The molecule has 162 valence electrons. The summed E-state index contributed by atoms with van der Waals surface area (Å²) in [6.45, 7) is 0.0726. The third kappa shape index (κ3) is 4.48. The normalized spacial score (nSPS) is 14.5. The van der Waals surface area contributed by atoms with E-state index in [1.807, 2.05) is 84.9 Å². The van der Waals surface area contributed by atoms with E-state index in [0.717, 1.165) is 27.8 Å². The molecule has 32 heavy (non-hydrogen) atoms. The van der Waals surface area contributed by atoms with Gasteiger partial charge in [-0.2, -0.15) is 0 Å². The van der Waals surface area contributed by atoms with Gasteiger partial charge in [-0.15, -0.1) is 0 Å². The molecule has 0 fully saturated rings. The number of carboxylic acid groups (broad SMARTS) is 1. The van der Waals surface area contributed by atoms with Crippen LogP contribution in [0.5, 0.6) is 0 Å². The summed E-state index contributed by atoms with van der Waals surface area (Å²) in [4.78, 5) is 24.5. The van der Waals surface area contributed by atoms with E-state index < -0.39 is 23.9 Å². The van der Waals surface area contributed by atoms with Gasteiger partial charge in [0.25, 0.3) is 0 Å². The first-order valence-corrected chi connectivity index (χ1v) is 10.6. The summed E-state index contributed by atoms with van der Waals surface area (Å²) in [5, 5.41) is 9.63. The predicted molar refractivity (Wildman–Crippen MR) is 124 cm³/mol. The molecule has 0 radical (unpaired) electrons. The molecule has 2 atom stereocenters. The van der Waals surface area contributed by atoms with Crippen LogP contribution in [0.15, 0.2) is 84.9 Å². The lowest BCUT2D eigenvalue weighted by Gasteiger charge is -2.20. The van der Waals surface area contributed by atoms with Crippen molar-refractivity contribution in [2.45, 2.75) is 18.4 Å². The van der Waals surface area contributed by atoms with Crippen molar-refractivity contribution in [3.63, 3.8) is 0 Å². The number of esters is 1. The third-order valence-corrected chi connectivity index (χ3v) is 5.82. The van der Waals surface area contributed by atoms with Gasteiger partial charge in [-0.3, -0.25) is 9.59 Å². The Balaban J connectivity index is 1.44. The lowest BCUT2D eigenvalue weighted by molar-refractivity contribution is -0.159. The lowest BCUT2D eigenvalue weighted by atomic mass is 9.96. The molecule has 0 saturated carbocycles. The summed E-state index contributed by atoms with van der Waals surface area (Å²) in [5.41, 5.74) is 11.4. The number of carbonyl (C=O) groups excluding carboxylic acids is 1. The van der Waals surface area contributed by atoms with Crippen molar-refractivity contribution in [2.24, 2.45) is 11.7 Å². The summed E-state index contributed by atoms with van der Waals surface area (Å²) in [7, 11) is 0. The monoisotopic (exact) mass is 427 g/mol. The number of fused-ring (bicyclic) bond motifs is 3. The number of rotatable bonds is 8. The fourth-order valence-electron chi connectivity index (χ4n) is 4.21. The average Bonchev–Trinajstić information content (AvgIpc) is 3.12. The van der Waals surface area contributed by atoms with E-state index in [9.17, 15) is 14.7 Å². The van der Waals surface area contributed by atoms with Crippen molar-refractivity contribution >= 4 is 18.0 Å².